The van der Waals surface area contributed by atoms with Gasteiger partial charge in [-0.1, -0.05) is 6.92 Å². The third-order valence-corrected chi connectivity index (χ3v) is 2.96. The van der Waals surface area contributed by atoms with Crippen LogP contribution in [0, 0.1) is 0 Å². The van der Waals surface area contributed by atoms with Crippen LogP contribution in [0.5, 0.6) is 0 Å². The predicted molar refractivity (Wildman–Crippen MR) is 74.3 cm³/mol. The lowest BCUT2D eigenvalue weighted by Crippen LogP contribution is -2.30. The average molecular weight is 262 g/mol. The van der Waals surface area contributed by atoms with Gasteiger partial charge >= 0.3 is 5.69 Å². The van der Waals surface area contributed by atoms with Crippen molar-refractivity contribution in [2.75, 3.05) is 6.54 Å². The molecule has 0 aliphatic heterocycles. The highest BCUT2D eigenvalue weighted by molar-refractivity contribution is 5.74. The Morgan fingerprint density at radius 3 is 2.84 bits per heavy atom. The maximum absolute atomic E-state index is 11.8. The van der Waals surface area contributed by atoms with E-state index >= 15 is 0 Å². The molecule has 0 aromatic carbocycles. The van der Waals surface area contributed by atoms with E-state index in [4.69, 9.17) is 0 Å². The van der Waals surface area contributed by atoms with Crippen LogP contribution in [0.15, 0.2) is 21.9 Å². The van der Waals surface area contributed by atoms with E-state index in [0.29, 0.717) is 24.1 Å². The molecule has 0 saturated carbocycles. The van der Waals surface area contributed by atoms with Gasteiger partial charge in [0.2, 0.25) is 0 Å². The summed E-state index contributed by atoms with van der Waals surface area (Å²) in [5, 5.41) is 3.71. The summed E-state index contributed by atoms with van der Waals surface area (Å²) in [6.07, 6.45) is 2.76. The molecular weight excluding hydrogens is 244 g/mol. The highest BCUT2D eigenvalue weighted by Crippen LogP contribution is 2.07. The molecule has 2 N–H and O–H groups in total. The average Bonchev–Trinajstić information content (AvgIpc) is 2.40. The molecule has 2 aromatic rings. The largest absolute Gasteiger partial charge is 0.329 e. The second-order valence-corrected chi connectivity index (χ2v) is 4.40. The van der Waals surface area contributed by atoms with Crippen LogP contribution in [-0.4, -0.2) is 21.1 Å². The standard InChI is InChI=1S/C13H18N4O2/c1-3-5-14-7-9-6-10-11(15-8-9)17(4-2)13(19)16-12(10)18/h6,8,14H,3-5,7H2,1-2H3,(H,16,18,19). The lowest BCUT2D eigenvalue weighted by atomic mass is 10.2. The normalized spacial score (nSPS) is 11.1. The van der Waals surface area contributed by atoms with Crippen molar-refractivity contribution < 1.29 is 0 Å². The molecule has 0 bridgehead atoms. The van der Waals surface area contributed by atoms with Crippen molar-refractivity contribution in [1.82, 2.24) is 19.9 Å². The Kier molecular flexibility index (Phi) is 4.11. The van der Waals surface area contributed by atoms with Crippen molar-refractivity contribution >= 4 is 11.0 Å². The number of hydrogen-bond donors (Lipinski definition) is 2. The molecule has 2 heterocycles. The third kappa shape index (κ3) is 2.73. The number of aryl methyl sites for hydroxylation is 1. The first-order valence-corrected chi connectivity index (χ1v) is 6.49. The van der Waals surface area contributed by atoms with Crippen LogP contribution in [0.4, 0.5) is 0 Å². The van der Waals surface area contributed by atoms with E-state index in [-0.39, 0.29) is 5.56 Å². The number of nitrogens with one attached hydrogen (secondary N) is 2. The van der Waals surface area contributed by atoms with Crippen molar-refractivity contribution in [3.05, 3.63) is 38.7 Å². The van der Waals surface area contributed by atoms with Gasteiger partial charge in [-0.15, -0.1) is 0 Å². The zero-order valence-electron chi connectivity index (χ0n) is 11.2. The quantitative estimate of drug-likeness (QED) is 0.773. The number of aromatic amines is 1. The molecule has 102 valence electrons. The molecule has 2 rings (SSSR count). The Hall–Kier alpha value is -1.95. The maximum Gasteiger partial charge on any atom is 0.329 e. The number of hydrogen-bond acceptors (Lipinski definition) is 4. The maximum atomic E-state index is 11.8. The number of aromatic nitrogens is 3. The zero-order valence-corrected chi connectivity index (χ0v) is 11.2. The Labute approximate surface area is 110 Å². The van der Waals surface area contributed by atoms with Gasteiger partial charge in [-0.25, -0.2) is 9.78 Å². The van der Waals surface area contributed by atoms with E-state index in [1.807, 2.05) is 6.92 Å². The highest BCUT2D eigenvalue weighted by atomic mass is 16.2. The fourth-order valence-electron chi connectivity index (χ4n) is 2.01. The minimum atomic E-state index is -0.413. The summed E-state index contributed by atoms with van der Waals surface area (Å²) < 4.78 is 1.46. The molecule has 19 heavy (non-hydrogen) atoms. The number of nitrogens with zero attached hydrogens (tertiary/aromatic N) is 2. The Morgan fingerprint density at radius 2 is 2.16 bits per heavy atom. The number of fused-ring (bicyclic) bond motifs is 1. The third-order valence-electron chi connectivity index (χ3n) is 2.96. The first-order chi connectivity index (χ1) is 9.17. The van der Waals surface area contributed by atoms with Crippen LogP contribution in [0.25, 0.3) is 11.0 Å². The molecule has 0 aliphatic rings. The first kappa shape index (κ1) is 13.5. The minimum absolute atomic E-state index is 0.380. The highest BCUT2D eigenvalue weighted by Gasteiger charge is 2.08. The smallest absolute Gasteiger partial charge is 0.313 e. The molecule has 0 fully saturated rings. The monoisotopic (exact) mass is 262 g/mol. The van der Waals surface area contributed by atoms with Gasteiger partial charge in [0.25, 0.3) is 5.56 Å². The van der Waals surface area contributed by atoms with Gasteiger partial charge in [-0.2, -0.15) is 0 Å². The van der Waals surface area contributed by atoms with Crippen molar-refractivity contribution in [1.29, 1.82) is 0 Å². The summed E-state index contributed by atoms with van der Waals surface area (Å²) in [7, 11) is 0. The van der Waals surface area contributed by atoms with Gasteiger partial charge in [0.15, 0.2) is 0 Å². The van der Waals surface area contributed by atoms with Gasteiger partial charge < -0.3 is 5.32 Å². The fraction of sp³-hybridized carbons (Fsp3) is 0.462. The van der Waals surface area contributed by atoms with E-state index in [1.54, 1.807) is 12.3 Å². The summed E-state index contributed by atoms with van der Waals surface area (Å²) >= 11 is 0. The van der Waals surface area contributed by atoms with Crippen molar-refractivity contribution in [3.8, 4) is 0 Å². The Bertz CT molecular complexity index is 687. The van der Waals surface area contributed by atoms with Crippen LogP contribution in [0.1, 0.15) is 25.8 Å². The lowest BCUT2D eigenvalue weighted by molar-refractivity contribution is 0.673. The van der Waals surface area contributed by atoms with Crippen LogP contribution >= 0.6 is 0 Å². The zero-order chi connectivity index (χ0) is 13.8. The summed E-state index contributed by atoms with van der Waals surface area (Å²) in [4.78, 5) is 30.0. The van der Waals surface area contributed by atoms with E-state index in [9.17, 15) is 9.59 Å². The Balaban J connectivity index is 2.49. The first-order valence-electron chi connectivity index (χ1n) is 6.49. The summed E-state index contributed by atoms with van der Waals surface area (Å²) in [5.74, 6) is 0. The molecule has 6 nitrogen and oxygen atoms in total. The van der Waals surface area contributed by atoms with Gasteiger partial charge in [0.1, 0.15) is 5.65 Å². The van der Waals surface area contributed by atoms with Crippen LogP contribution < -0.4 is 16.6 Å². The summed E-state index contributed by atoms with van der Waals surface area (Å²) in [6, 6.07) is 1.79. The second-order valence-electron chi connectivity index (χ2n) is 4.40. The van der Waals surface area contributed by atoms with Gasteiger partial charge in [-0.3, -0.25) is 14.3 Å². The van der Waals surface area contributed by atoms with E-state index in [1.165, 1.54) is 4.57 Å². The summed E-state index contributed by atoms with van der Waals surface area (Å²) in [6.45, 7) is 6.00. The molecule has 0 amide bonds. The molecule has 2 aromatic heterocycles. The van der Waals surface area contributed by atoms with E-state index in [2.05, 4.69) is 22.2 Å². The van der Waals surface area contributed by atoms with Gasteiger partial charge in [-0.05, 0) is 31.5 Å². The molecular formula is C13H18N4O2. The second kappa shape index (κ2) is 5.79. The molecule has 6 heteroatoms. The van der Waals surface area contributed by atoms with Crippen molar-refractivity contribution in [2.24, 2.45) is 0 Å². The van der Waals surface area contributed by atoms with E-state index < -0.39 is 5.69 Å². The van der Waals surface area contributed by atoms with Crippen molar-refractivity contribution in [2.45, 2.75) is 33.4 Å². The molecule has 0 atom stereocenters. The molecule has 0 aliphatic carbocycles. The van der Waals surface area contributed by atoms with Gasteiger partial charge in [0.05, 0.1) is 5.39 Å². The van der Waals surface area contributed by atoms with E-state index in [0.717, 1.165) is 18.5 Å². The van der Waals surface area contributed by atoms with Crippen LogP contribution in [0.2, 0.25) is 0 Å². The van der Waals surface area contributed by atoms with Crippen LogP contribution in [0.3, 0.4) is 0 Å². The minimum Gasteiger partial charge on any atom is -0.313 e. The fourth-order valence-corrected chi connectivity index (χ4v) is 2.01. The molecule has 0 unspecified atom stereocenters. The number of pyridine rings is 1. The summed E-state index contributed by atoms with van der Waals surface area (Å²) in [5.41, 5.74) is 0.585. The number of H-pyrrole nitrogens is 1. The molecule has 0 spiro atoms. The lowest BCUT2D eigenvalue weighted by Gasteiger charge is -2.08. The number of rotatable bonds is 5. The predicted octanol–water partition coefficient (Wildman–Crippen LogP) is 0.604. The van der Waals surface area contributed by atoms with Crippen LogP contribution in [-0.2, 0) is 13.1 Å². The molecule has 0 saturated heterocycles. The Morgan fingerprint density at radius 1 is 1.37 bits per heavy atom. The SMILES string of the molecule is CCCNCc1cnc2c(c1)c(=O)[nH]c(=O)n2CC. The van der Waals surface area contributed by atoms with Crippen molar-refractivity contribution in [3.63, 3.8) is 0 Å². The topological polar surface area (TPSA) is 79.8 Å². The van der Waals surface area contributed by atoms with Gasteiger partial charge in [0, 0.05) is 19.3 Å². The molecule has 0 radical (unpaired) electrons.